The molecule has 6 heteroatoms. The normalized spacial score (nSPS) is 28.1. The highest BCUT2D eigenvalue weighted by Gasteiger charge is 2.54. The third kappa shape index (κ3) is 3.29. The Morgan fingerprint density at radius 3 is 2.62 bits per heavy atom. The first-order valence-corrected chi connectivity index (χ1v) is 11.2. The number of fused-ring (bicyclic) bond motifs is 5. The van der Waals surface area contributed by atoms with Crippen LogP contribution in [0, 0.1) is 27.4 Å². The van der Waals surface area contributed by atoms with Crippen LogP contribution in [-0.2, 0) is 11.2 Å². The summed E-state index contributed by atoms with van der Waals surface area (Å²) in [6.07, 6.45) is 7.14. The molecule has 0 aromatic heterocycles. The lowest BCUT2D eigenvalue weighted by Gasteiger charge is -2.46. The SMILES string of the molecule is COc1ccc2c(c1)CC[C@H]1C2=CC[C@@]2(C)[C@@H](OC(=O)c3ccc([N+](=O)[O-])cc3)CC[C@H]12. The van der Waals surface area contributed by atoms with Gasteiger partial charge < -0.3 is 9.47 Å². The first-order chi connectivity index (χ1) is 15.4. The number of allylic oxidation sites excluding steroid dienone is 2. The summed E-state index contributed by atoms with van der Waals surface area (Å²) < 4.78 is 11.4. The van der Waals surface area contributed by atoms with E-state index in [1.165, 1.54) is 41.0 Å². The van der Waals surface area contributed by atoms with Crippen LogP contribution in [0.4, 0.5) is 5.69 Å². The molecule has 0 spiro atoms. The maximum atomic E-state index is 12.8. The Morgan fingerprint density at radius 1 is 1.12 bits per heavy atom. The van der Waals surface area contributed by atoms with Gasteiger partial charge in [0.25, 0.3) is 5.69 Å². The van der Waals surface area contributed by atoms with Crippen LogP contribution in [0.3, 0.4) is 0 Å². The van der Waals surface area contributed by atoms with Gasteiger partial charge in [0.1, 0.15) is 11.9 Å². The van der Waals surface area contributed by atoms with Crippen molar-refractivity contribution in [3.8, 4) is 5.75 Å². The van der Waals surface area contributed by atoms with Gasteiger partial charge in [0, 0.05) is 17.5 Å². The Morgan fingerprint density at radius 2 is 1.91 bits per heavy atom. The van der Waals surface area contributed by atoms with Crippen molar-refractivity contribution >= 4 is 17.2 Å². The summed E-state index contributed by atoms with van der Waals surface area (Å²) in [6.45, 7) is 2.26. The molecular formula is C26H27NO5. The molecule has 6 nitrogen and oxygen atoms in total. The minimum atomic E-state index is -0.470. The molecule has 1 saturated carbocycles. The number of esters is 1. The number of hydrogen-bond donors (Lipinski definition) is 0. The number of non-ortho nitro benzene ring substituents is 1. The van der Waals surface area contributed by atoms with E-state index in [0.717, 1.165) is 37.9 Å². The molecule has 2 aromatic rings. The van der Waals surface area contributed by atoms with Crippen LogP contribution < -0.4 is 4.74 Å². The summed E-state index contributed by atoms with van der Waals surface area (Å²) in [6, 6.07) is 12.0. The number of nitro benzene ring substituents is 1. The van der Waals surface area contributed by atoms with Crippen molar-refractivity contribution in [3.05, 3.63) is 75.3 Å². The van der Waals surface area contributed by atoms with Crippen molar-refractivity contribution in [2.45, 2.75) is 45.1 Å². The second-order valence-corrected chi connectivity index (χ2v) is 9.42. The second-order valence-electron chi connectivity index (χ2n) is 9.42. The van der Waals surface area contributed by atoms with E-state index in [9.17, 15) is 14.9 Å². The minimum absolute atomic E-state index is 0.0328. The van der Waals surface area contributed by atoms with Crippen LogP contribution in [-0.4, -0.2) is 24.1 Å². The Balaban J connectivity index is 1.36. The van der Waals surface area contributed by atoms with E-state index in [4.69, 9.17) is 9.47 Å². The van der Waals surface area contributed by atoms with Crippen LogP contribution in [0.2, 0.25) is 0 Å². The number of ether oxygens (including phenoxy) is 2. The summed E-state index contributed by atoms with van der Waals surface area (Å²) in [5.41, 5.74) is 4.38. The summed E-state index contributed by atoms with van der Waals surface area (Å²) in [4.78, 5) is 23.2. The molecule has 2 aromatic carbocycles. The van der Waals surface area contributed by atoms with Gasteiger partial charge >= 0.3 is 5.97 Å². The Hall–Kier alpha value is -3.15. The van der Waals surface area contributed by atoms with Crippen LogP contribution >= 0.6 is 0 Å². The van der Waals surface area contributed by atoms with Crippen LogP contribution in [0.15, 0.2) is 48.5 Å². The quantitative estimate of drug-likeness (QED) is 0.356. The lowest BCUT2D eigenvalue weighted by atomic mass is 9.60. The number of methoxy groups -OCH3 is 1. The maximum absolute atomic E-state index is 12.8. The summed E-state index contributed by atoms with van der Waals surface area (Å²) in [5.74, 6) is 1.47. The van der Waals surface area contributed by atoms with Gasteiger partial charge in [-0.2, -0.15) is 0 Å². The number of nitro groups is 1. The molecule has 0 bridgehead atoms. The predicted octanol–water partition coefficient (Wildman–Crippen LogP) is 5.59. The number of carbonyl (C=O) groups excluding carboxylic acids is 1. The van der Waals surface area contributed by atoms with Gasteiger partial charge in [-0.05, 0) is 84.9 Å². The van der Waals surface area contributed by atoms with Crippen LogP contribution in [0.1, 0.15) is 54.1 Å². The van der Waals surface area contributed by atoms with E-state index < -0.39 is 10.9 Å². The zero-order valence-electron chi connectivity index (χ0n) is 18.4. The number of rotatable bonds is 4. The maximum Gasteiger partial charge on any atom is 0.338 e. The third-order valence-electron chi connectivity index (χ3n) is 7.88. The molecule has 32 heavy (non-hydrogen) atoms. The van der Waals surface area contributed by atoms with Crippen molar-refractivity contribution in [3.63, 3.8) is 0 Å². The van der Waals surface area contributed by atoms with Gasteiger partial charge in [-0.25, -0.2) is 4.79 Å². The molecule has 0 amide bonds. The monoisotopic (exact) mass is 433 g/mol. The van der Waals surface area contributed by atoms with E-state index in [2.05, 4.69) is 25.1 Å². The van der Waals surface area contributed by atoms with E-state index in [-0.39, 0.29) is 17.2 Å². The van der Waals surface area contributed by atoms with Gasteiger partial charge in [0.05, 0.1) is 17.6 Å². The van der Waals surface area contributed by atoms with Crippen molar-refractivity contribution < 1.29 is 19.2 Å². The summed E-state index contributed by atoms with van der Waals surface area (Å²) >= 11 is 0. The van der Waals surface area contributed by atoms with Gasteiger partial charge in [0.2, 0.25) is 0 Å². The molecule has 5 rings (SSSR count). The highest BCUT2D eigenvalue weighted by Crippen LogP contribution is 2.59. The number of nitrogens with zero attached hydrogens (tertiary/aromatic N) is 1. The standard InChI is InChI=1S/C26H27NO5/c1-26-14-13-21-20-10-8-19(31-2)15-17(20)5-9-22(21)23(26)11-12-24(26)32-25(28)16-3-6-18(7-4-16)27(29)30/h3-4,6-8,10,13,15,22-24H,5,9,11-12,14H2,1-2H3/t22-,23+,24-,26+/m0/s1. The smallest absolute Gasteiger partial charge is 0.338 e. The molecule has 0 heterocycles. The number of aryl methyl sites for hydroxylation is 1. The number of carbonyl (C=O) groups is 1. The molecular weight excluding hydrogens is 406 g/mol. The zero-order valence-corrected chi connectivity index (χ0v) is 18.4. The van der Waals surface area contributed by atoms with E-state index >= 15 is 0 Å². The zero-order chi connectivity index (χ0) is 22.5. The van der Waals surface area contributed by atoms with Gasteiger partial charge in [-0.1, -0.05) is 19.1 Å². The highest BCUT2D eigenvalue weighted by molar-refractivity contribution is 5.89. The number of benzene rings is 2. The fraction of sp³-hybridized carbons (Fsp3) is 0.423. The van der Waals surface area contributed by atoms with Crippen molar-refractivity contribution in [2.75, 3.05) is 7.11 Å². The molecule has 0 unspecified atom stereocenters. The molecule has 1 fully saturated rings. The van der Waals surface area contributed by atoms with Crippen molar-refractivity contribution in [1.29, 1.82) is 0 Å². The van der Waals surface area contributed by atoms with Crippen LogP contribution in [0.25, 0.3) is 5.57 Å². The topological polar surface area (TPSA) is 78.7 Å². The van der Waals surface area contributed by atoms with Crippen molar-refractivity contribution in [2.24, 2.45) is 17.3 Å². The second kappa shape index (κ2) is 7.76. The Bertz CT molecular complexity index is 1110. The van der Waals surface area contributed by atoms with Gasteiger partial charge in [-0.3, -0.25) is 10.1 Å². The van der Waals surface area contributed by atoms with E-state index in [0.29, 0.717) is 17.4 Å². The largest absolute Gasteiger partial charge is 0.497 e. The lowest BCUT2D eigenvalue weighted by Crippen LogP contribution is -2.41. The van der Waals surface area contributed by atoms with Gasteiger partial charge in [0.15, 0.2) is 0 Å². The summed E-state index contributed by atoms with van der Waals surface area (Å²) in [7, 11) is 1.70. The summed E-state index contributed by atoms with van der Waals surface area (Å²) in [5, 5.41) is 10.9. The van der Waals surface area contributed by atoms with Gasteiger partial charge in [-0.15, -0.1) is 0 Å². The lowest BCUT2D eigenvalue weighted by molar-refractivity contribution is -0.384. The molecule has 3 aliphatic carbocycles. The molecule has 0 N–H and O–H groups in total. The third-order valence-corrected chi connectivity index (χ3v) is 7.88. The first kappa shape index (κ1) is 20.7. The average Bonchev–Trinajstić information content (AvgIpc) is 3.14. The van der Waals surface area contributed by atoms with Crippen LogP contribution in [0.5, 0.6) is 5.75 Å². The molecule has 3 aliphatic rings. The number of hydrogen-bond acceptors (Lipinski definition) is 5. The average molecular weight is 434 g/mol. The minimum Gasteiger partial charge on any atom is -0.497 e. The van der Waals surface area contributed by atoms with Crippen molar-refractivity contribution in [1.82, 2.24) is 0 Å². The fourth-order valence-corrected chi connectivity index (χ4v) is 6.14. The first-order valence-electron chi connectivity index (χ1n) is 11.2. The Labute approximate surface area is 187 Å². The molecule has 0 saturated heterocycles. The molecule has 4 atom stereocenters. The molecule has 0 aliphatic heterocycles. The fourth-order valence-electron chi connectivity index (χ4n) is 6.14. The molecule has 166 valence electrons. The molecule has 0 radical (unpaired) electrons. The van der Waals surface area contributed by atoms with E-state index in [1.54, 1.807) is 7.11 Å². The van der Waals surface area contributed by atoms with E-state index in [1.807, 2.05) is 6.07 Å². The predicted molar refractivity (Wildman–Crippen MR) is 121 cm³/mol. The highest BCUT2D eigenvalue weighted by atomic mass is 16.6. The Kier molecular flexibility index (Phi) is 5.03.